The van der Waals surface area contributed by atoms with Crippen LogP contribution in [0.25, 0.3) is 0 Å². The predicted molar refractivity (Wildman–Crippen MR) is 28.3 cm³/mol. The van der Waals surface area contributed by atoms with Crippen LogP contribution in [0.5, 0.6) is 0 Å². The van der Waals surface area contributed by atoms with Crippen LogP contribution < -0.4 is 0 Å². The van der Waals surface area contributed by atoms with Crippen LogP contribution in [0.3, 0.4) is 0 Å². The second-order valence-corrected chi connectivity index (χ2v) is 1.79. The zero-order valence-corrected chi connectivity index (χ0v) is 6.49. The van der Waals surface area contributed by atoms with Crippen molar-refractivity contribution in [2.24, 2.45) is 0 Å². The third-order valence-corrected chi connectivity index (χ3v) is 0.1000. The summed E-state index contributed by atoms with van der Waals surface area (Å²) in [4.78, 5) is 0. The Morgan fingerprint density at radius 1 is 1.00 bits per heavy atom. The minimum Gasteiger partial charge on any atom is -0.394 e. The average molecular weight is 224 g/mol. The summed E-state index contributed by atoms with van der Waals surface area (Å²) >= 11 is 0. The van der Waals surface area contributed by atoms with Gasteiger partial charge in [-0.25, -0.2) is 0 Å². The Morgan fingerprint density at radius 3 is 1.10 bits per heavy atom. The van der Waals surface area contributed by atoms with E-state index < -0.39 is 10.4 Å². The molecule has 0 atom stereocenters. The van der Waals surface area contributed by atoms with E-state index in [1.807, 2.05) is 0 Å². The second-order valence-electron chi connectivity index (χ2n) is 0.895. The van der Waals surface area contributed by atoms with Crippen molar-refractivity contribution in [2.45, 2.75) is 0 Å². The molecule has 0 spiro atoms. The van der Waals surface area contributed by atoms with E-state index in [4.69, 9.17) is 27.7 Å². The largest absolute Gasteiger partial charge is 0.394 e. The van der Waals surface area contributed by atoms with Gasteiger partial charge in [0, 0.05) is 17.1 Å². The Kier molecular flexibility index (Phi) is 15.6. The van der Waals surface area contributed by atoms with E-state index in [9.17, 15) is 0 Å². The molecule has 0 aromatic carbocycles. The summed E-state index contributed by atoms with van der Waals surface area (Å²) in [6, 6.07) is 0. The predicted octanol–water partition coefficient (Wildman–Crippen LogP) is -1.68. The van der Waals surface area contributed by atoms with Crippen LogP contribution in [-0.4, -0.2) is 41.0 Å². The van der Waals surface area contributed by atoms with Crippen molar-refractivity contribution in [3.8, 4) is 0 Å². The first kappa shape index (κ1) is 16.7. The molecule has 0 saturated carbocycles. The molecule has 0 heterocycles. The van der Waals surface area contributed by atoms with Crippen LogP contribution in [0.2, 0.25) is 0 Å². The van der Waals surface area contributed by atoms with Crippen LogP contribution in [0, 0.1) is 0 Å². The van der Waals surface area contributed by atoms with Gasteiger partial charge in [-0.3, -0.25) is 9.11 Å². The smallest absolute Gasteiger partial charge is 0.394 e. The standard InChI is InChI=1S/C2H6O2.Cu.H2O4S/c3-1-2-4;;1-5(2,3)4/h3-4H,1-2H2;;(H2,1,2,3,4). The fourth-order valence-electron chi connectivity index (χ4n) is 0. The van der Waals surface area contributed by atoms with Crippen molar-refractivity contribution in [1.29, 1.82) is 0 Å². The summed E-state index contributed by atoms with van der Waals surface area (Å²) in [7, 11) is -4.67. The maximum atomic E-state index is 8.74. The molecule has 0 aliphatic rings. The fraction of sp³-hybridized carbons (Fsp3) is 1.00. The van der Waals surface area contributed by atoms with Crippen molar-refractivity contribution in [1.82, 2.24) is 0 Å². The van der Waals surface area contributed by atoms with E-state index in [1.165, 1.54) is 0 Å². The molecule has 0 aliphatic carbocycles. The summed E-state index contributed by atoms with van der Waals surface area (Å²) in [5.74, 6) is 0. The molecule has 8 heteroatoms. The number of aliphatic hydroxyl groups excluding tert-OH is 2. The molecule has 0 amide bonds. The van der Waals surface area contributed by atoms with Gasteiger partial charge in [0.25, 0.3) is 0 Å². The minimum atomic E-state index is -4.67. The number of hydrogen-bond donors (Lipinski definition) is 4. The average Bonchev–Trinajstić information content (AvgIpc) is 1.61. The monoisotopic (exact) mass is 223 g/mol. The normalized spacial score (nSPS) is 8.80. The van der Waals surface area contributed by atoms with Gasteiger partial charge in [0.2, 0.25) is 0 Å². The van der Waals surface area contributed by atoms with E-state index >= 15 is 0 Å². The first-order valence-electron chi connectivity index (χ1n) is 1.83. The van der Waals surface area contributed by atoms with E-state index in [-0.39, 0.29) is 30.3 Å². The van der Waals surface area contributed by atoms with Crippen molar-refractivity contribution in [3.05, 3.63) is 0 Å². The SMILES string of the molecule is O=S(=O)(O)O.OCCO.[Cu]. The van der Waals surface area contributed by atoms with Crippen LogP contribution >= 0.6 is 0 Å². The molecule has 0 fully saturated rings. The number of hydrogen-bond acceptors (Lipinski definition) is 4. The summed E-state index contributed by atoms with van der Waals surface area (Å²) in [6.07, 6.45) is 0. The van der Waals surface area contributed by atoms with Gasteiger partial charge in [0.15, 0.2) is 0 Å². The van der Waals surface area contributed by atoms with Crippen molar-refractivity contribution < 1.29 is 44.8 Å². The Morgan fingerprint density at radius 2 is 1.10 bits per heavy atom. The molecule has 6 nitrogen and oxygen atoms in total. The maximum absolute atomic E-state index is 8.74. The van der Waals surface area contributed by atoms with Gasteiger partial charge in [0.05, 0.1) is 13.2 Å². The Hall–Kier alpha value is 0.309. The molecule has 0 bridgehead atoms. The maximum Gasteiger partial charge on any atom is 0.394 e. The van der Waals surface area contributed by atoms with Gasteiger partial charge < -0.3 is 10.2 Å². The molecule has 4 N–H and O–H groups in total. The van der Waals surface area contributed by atoms with Gasteiger partial charge >= 0.3 is 10.4 Å². The molecule has 0 aromatic rings. The van der Waals surface area contributed by atoms with Gasteiger partial charge in [-0.1, -0.05) is 0 Å². The summed E-state index contributed by atoms with van der Waals surface area (Å²) < 4.78 is 31.6. The van der Waals surface area contributed by atoms with E-state index in [0.29, 0.717) is 0 Å². The van der Waals surface area contributed by atoms with Crippen LogP contribution in [0.15, 0.2) is 0 Å². The van der Waals surface area contributed by atoms with Crippen molar-refractivity contribution >= 4 is 10.4 Å². The molecule has 0 unspecified atom stereocenters. The fourth-order valence-corrected chi connectivity index (χ4v) is 0. The summed E-state index contributed by atoms with van der Waals surface area (Å²) in [6.45, 7) is -0.250. The van der Waals surface area contributed by atoms with Gasteiger partial charge in [-0.2, -0.15) is 8.42 Å². The van der Waals surface area contributed by atoms with Gasteiger partial charge in [0.1, 0.15) is 0 Å². The van der Waals surface area contributed by atoms with Crippen LogP contribution in [0.1, 0.15) is 0 Å². The molecule has 0 saturated heterocycles. The number of rotatable bonds is 1. The first-order valence-corrected chi connectivity index (χ1v) is 3.23. The zero-order chi connectivity index (χ0) is 7.91. The Balaban J connectivity index is -0.0000000910. The molecule has 0 rings (SSSR count). The van der Waals surface area contributed by atoms with E-state index in [1.54, 1.807) is 0 Å². The van der Waals surface area contributed by atoms with E-state index in [2.05, 4.69) is 0 Å². The molecular weight excluding hydrogens is 216 g/mol. The van der Waals surface area contributed by atoms with Crippen LogP contribution in [-0.2, 0) is 27.5 Å². The van der Waals surface area contributed by atoms with Crippen LogP contribution in [0.4, 0.5) is 0 Å². The molecule has 0 aliphatic heterocycles. The second kappa shape index (κ2) is 9.31. The van der Waals surface area contributed by atoms with Gasteiger partial charge in [-0.05, 0) is 0 Å². The molecule has 69 valence electrons. The molecular formula is C2H8CuO6S. The van der Waals surface area contributed by atoms with Crippen molar-refractivity contribution in [3.63, 3.8) is 0 Å². The van der Waals surface area contributed by atoms with Crippen molar-refractivity contribution in [2.75, 3.05) is 13.2 Å². The quantitative estimate of drug-likeness (QED) is 0.312. The number of aliphatic hydroxyl groups is 2. The topological polar surface area (TPSA) is 115 Å². The minimum absolute atomic E-state index is 0. The van der Waals surface area contributed by atoms with Gasteiger partial charge in [-0.15, -0.1) is 0 Å². The molecule has 0 aromatic heterocycles. The Labute approximate surface area is 68.9 Å². The summed E-state index contributed by atoms with van der Waals surface area (Å²) in [5, 5.41) is 15.2. The first-order chi connectivity index (χ1) is 3.91. The van der Waals surface area contributed by atoms with E-state index in [0.717, 1.165) is 0 Å². The molecule has 1 radical (unpaired) electrons. The third-order valence-electron chi connectivity index (χ3n) is 0.1000. The summed E-state index contributed by atoms with van der Waals surface area (Å²) in [5.41, 5.74) is 0. The zero-order valence-electron chi connectivity index (χ0n) is 4.73. The Bertz CT molecular complexity index is 119. The molecule has 10 heavy (non-hydrogen) atoms. The third kappa shape index (κ3) is 259.